The van der Waals surface area contributed by atoms with Gasteiger partial charge in [-0.15, -0.1) is 12.4 Å². The summed E-state index contributed by atoms with van der Waals surface area (Å²) in [6.45, 7) is 7.21. The van der Waals surface area contributed by atoms with Crippen LogP contribution in [0.25, 0.3) is 0 Å². The minimum Gasteiger partial charge on any atom is -0.400 e. The molecule has 0 unspecified atom stereocenters. The summed E-state index contributed by atoms with van der Waals surface area (Å²) in [6.07, 6.45) is 1.95. The number of nitro groups is 1. The van der Waals surface area contributed by atoms with Gasteiger partial charge >= 0.3 is 11.9 Å². The van der Waals surface area contributed by atoms with Crippen LogP contribution in [0.3, 0.4) is 0 Å². The summed E-state index contributed by atoms with van der Waals surface area (Å²) in [6, 6.07) is 1.93. The lowest BCUT2D eigenvalue weighted by molar-refractivity contribution is -0.402. The maximum atomic E-state index is 11.3. The predicted octanol–water partition coefficient (Wildman–Crippen LogP) is 2.06. The molecule has 1 rings (SSSR count). The van der Waals surface area contributed by atoms with Gasteiger partial charge in [-0.05, 0) is 32.1 Å². The molecule has 23 heavy (non-hydrogen) atoms. The van der Waals surface area contributed by atoms with E-state index in [-0.39, 0.29) is 24.1 Å². The Hall–Kier alpha value is -2.13. The van der Waals surface area contributed by atoms with Gasteiger partial charge in [0.2, 0.25) is 0 Å². The van der Waals surface area contributed by atoms with Crippen LogP contribution in [0.5, 0.6) is 0 Å². The Morgan fingerprint density at radius 3 is 2.52 bits per heavy atom. The van der Waals surface area contributed by atoms with Gasteiger partial charge in [-0.1, -0.05) is 13.8 Å². The monoisotopic (exact) mass is 347 g/mol. The van der Waals surface area contributed by atoms with Gasteiger partial charge in [0.15, 0.2) is 5.76 Å². The van der Waals surface area contributed by atoms with Crippen molar-refractivity contribution in [2.75, 3.05) is 26.2 Å². The molecule has 9 nitrogen and oxygen atoms in total. The van der Waals surface area contributed by atoms with Gasteiger partial charge in [0.05, 0.1) is 12.3 Å². The summed E-state index contributed by atoms with van der Waals surface area (Å²) in [4.78, 5) is 23.4. The van der Waals surface area contributed by atoms with Gasteiger partial charge in [-0.2, -0.15) is 5.10 Å². The van der Waals surface area contributed by atoms with Crippen LogP contribution < -0.4 is 5.73 Å². The molecule has 0 atom stereocenters. The van der Waals surface area contributed by atoms with Crippen molar-refractivity contribution in [2.24, 2.45) is 10.8 Å². The molecule has 0 spiro atoms. The van der Waals surface area contributed by atoms with Crippen molar-refractivity contribution < 1.29 is 14.1 Å². The average molecular weight is 348 g/mol. The molecule has 0 radical (unpaired) electrons. The number of rotatable bonds is 9. The molecule has 0 aliphatic heterocycles. The second-order valence-electron chi connectivity index (χ2n) is 4.52. The van der Waals surface area contributed by atoms with Crippen LogP contribution in [-0.2, 0) is 0 Å². The zero-order valence-electron chi connectivity index (χ0n) is 13.2. The summed E-state index contributed by atoms with van der Waals surface area (Å²) in [5, 5.41) is 15.5. The first kappa shape index (κ1) is 20.9. The molecule has 130 valence electrons. The topological polar surface area (TPSA) is 118 Å². The Labute approximate surface area is 140 Å². The van der Waals surface area contributed by atoms with Crippen LogP contribution in [0.4, 0.5) is 10.7 Å². The molecule has 1 heterocycles. The highest BCUT2D eigenvalue weighted by Crippen LogP contribution is 2.14. The largest absolute Gasteiger partial charge is 0.433 e. The molecule has 0 aromatic carbocycles. The minimum absolute atomic E-state index is 0. The van der Waals surface area contributed by atoms with E-state index in [1.807, 2.05) is 0 Å². The van der Waals surface area contributed by atoms with E-state index >= 15 is 0 Å². The fraction of sp³-hybridized carbons (Fsp3) is 0.538. The number of halogens is 1. The van der Waals surface area contributed by atoms with Crippen molar-refractivity contribution in [1.82, 2.24) is 9.91 Å². The maximum absolute atomic E-state index is 11.3. The van der Waals surface area contributed by atoms with E-state index in [2.05, 4.69) is 23.8 Å². The van der Waals surface area contributed by atoms with Crippen molar-refractivity contribution >= 4 is 30.5 Å². The molecule has 2 N–H and O–H groups in total. The summed E-state index contributed by atoms with van der Waals surface area (Å²) in [5.41, 5.74) is 5.26. The highest BCUT2D eigenvalue weighted by Gasteiger charge is 2.12. The number of hydrazone groups is 1. The standard InChI is InChI=1S/C13H21N5O4.ClH/c1-3-16(4-2)8-5-9-17(13(14)19)15-10-11-6-7-12(22-11)18(20)21;/h6-7,10H,3-5,8-9H2,1-2H3,(H2,14,19);1H/b15-10+;. The van der Waals surface area contributed by atoms with E-state index in [0.717, 1.165) is 31.1 Å². The first-order valence-corrected chi connectivity index (χ1v) is 7.05. The summed E-state index contributed by atoms with van der Waals surface area (Å²) in [7, 11) is 0. The van der Waals surface area contributed by atoms with E-state index in [9.17, 15) is 14.9 Å². The smallest absolute Gasteiger partial charge is 0.400 e. The molecular weight excluding hydrogens is 326 g/mol. The van der Waals surface area contributed by atoms with Crippen LogP contribution in [0.2, 0.25) is 0 Å². The van der Waals surface area contributed by atoms with Crippen molar-refractivity contribution in [3.05, 3.63) is 28.0 Å². The Morgan fingerprint density at radius 2 is 2.04 bits per heavy atom. The molecule has 1 aromatic rings. The Balaban J connectivity index is 0.00000484. The van der Waals surface area contributed by atoms with Crippen molar-refractivity contribution in [2.45, 2.75) is 20.3 Å². The van der Waals surface area contributed by atoms with Crippen LogP contribution in [0.15, 0.2) is 21.7 Å². The molecule has 0 aliphatic carbocycles. The Morgan fingerprint density at radius 1 is 1.39 bits per heavy atom. The van der Waals surface area contributed by atoms with E-state index in [4.69, 9.17) is 10.2 Å². The number of carbonyl (C=O) groups excluding carboxylic acids is 1. The normalized spacial score (nSPS) is 10.7. The predicted molar refractivity (Wildman–Crippen MR) is 88.9 cm³/mol. The summed E-state index contributed by atoms with van der Waals surface area (Å²) < 4.78 is 4.92. The number of urea groups is 1. The van der Waals surface area contributed by atoms with Crippen molar-refractivity contribution in [3.63, 3.8) is 0 Å². The average Bonchev–Trinajstić information content (AvgIpc) is 2.95. The maximum Gasteiger partial charge on any atom is 0.433 e. The zero-order chi connectivity index (χ0) is 16.5. The fourth-order valence-corrected chi connectivity index (χ4v) is 1.85. The number of amides is 2. The first-order chi connectivity index (χ1) is 10.5. The number of nitrogens with zero attached hydrogens (tertiary/aromatic N) is 4. The van der Waals surface area contributed by atoms with Crippen molar-refractivity contribution in [3.8, 4) is 0 Å². The molecule has 0 aliphatic rings. The highest BCUT2D eigenvalue weighted by atomic mass is 35.5. The Bertz CT molecular complexity index is 530. The Kier molecular flexibility index (Phi) is 9.59. The third kappa shape index (κ3) is 7.11. The molecule has 0 saturated heterocycles. The first-order valence-electron chi connectivity index (χ1n) is 7.05. The zero-order valence-corrected chi connectivity index (χ0v) is 14.0. The fourth-order valence-electron chi connectivity index (χ4n) is 1.85. The van der Waals surface area contributed by atoms with Gasteiger partial charge < -0.3 is 15.1 Å². The summed E-state index contributed by atoms with van der Waals surface area (Å²) in [5.74, 6) is -0.199. The SMILES string of the molecule is CCN(CC)CCCN(/N=C/c1ccc([N+](=O)[O-])o1)C(N)=O.Cl. The number of primary amides is 1. The quantitative estimate of drug-likeness (QED) is 0.416. The lowest BCUT2D eigenvalue weighted by Crippen LogP contribution is -2.34. The van der Waals surface area contributed by atoms with Gasteiger partial charge in [0.25, 0.3) is 0 Å². The molecule has 10 heteroatoms. The second-order valence-corrected chi connectivity index (χ2v) is 4.52. The van der Waals surface area contributed by atoms with Crippen molar-refractivity contribution in [1.29, 1.82) is 0 Å². The van der Waals surface area contributed by atoms with Gasteiger partial charge in [-0.3, -0.25) is 10.1 Å². The van der Waals surface area contributed by atoms with Gasteiger partial charge in [0, 0.05) is 6.54 Å². The van der Waals surface area contributed by atoms with Crippen LogP contribution in [0, 0.1) is 10.1 Å². The lowest BCUT2D eigenvalue weighted by atomic mass is 10.3. The second kappa shape index (κ2) is 10.6. The van der Waals surface area contributed by atoms with E-state index in [1.54, 1.807) is 0 Å². The molecule has 2 amide bonds. The van der Waals surface area contributed by atoms with Gasteiger partial charge in [0.1, 0.15) is 4.92 Å². The number of nitrogens with two attached hydrogens (primary N) is 1. The van der Waals surface area contributed by atoms with Crippen LogP contribution in [0.1, 0.15) is 26.0 Å². The van der Waals surface area contributed by atoms with Crippen LogP contribution in [-0.4, -0.2) is 53.3 Å². The van der Waals surface area contributed by atoms with E-state index < -0.39 is 11.0 Å². The third-order valence-corrected chi connectivity index (χ3v) is 3.11. The third-order valence-electron chi connectivity index (χ3n) is 3.11. The van der Waals surface area contributed by atoms with Gasteiger partial charge in [-0.25, -0.2) is 9.80 Å². The molecule has 0 fully saturated rings. The van der Waals surface area contributed by atoms with E-state index in [0.29, 0.717) is 6.54 Å². The number of furan rings is 1. The summed E-state index contributed by atoms with van der Waals surface area (Å²) >= 11 is 0. The number of carbonyl (C=O) groups is 1. The highest BCUT2D eigenvalue weighted by molar-refractivity contribution is 5.85. The minimum atomic E-state index is -0.683. The molecule has 0 bridgehead atoms. The molecule has 0 saturated carbocycles. The molecular formula is C13H22ClN5O4. The number of hydrogen-bond donors (Lipinski definition) is 1. The number of hydrogen-bond acceptors (Lipinski definition) is 6. The van der Waals surface area contributed by atoms with E-state index in [1.165, 1.54) is 18.3 Å². The lowest BCUT2D eigenvalue weighted by Gasteiger charge is -2.20. The van der Waals surface area contributed by atoms with Crippen LogP contribution >= 0.6 is 12.4 Å². The molecule has 1 aromatic heterocycles.